The summed E-state index contributed by atoms with van der Waals surface area (Å²) in [5.74, 6) is 0.488. The van der Waals surface area contributed by atoms with Gasteiger partial charge in [-0.3, -0.25) is 0 Å². The molecule has 0 bridgehead atoms. The molecule has 0 atom stereocenters. The van der Waals surface area contributed by atoms with Crippen molar-refractivity contribution < 1.29 is 14.3 Å². The van der Waals surface area contributed by atoms with Gasteiger partial charge in [0.05, 0.1) is 5.71 Å². The number of rotatable bonds is 4. The summed E-state index contributed by atoms with van der Waals surface area (Å²) in [5.41, 5.74) is 0.655. The van der Waals surface area contributed by atoms with Gasteiger partial charge in [0.1, 0.15) is 18.2 Å². The maximum absolute atomic E-state index is 13.2. The van der Waals surface area contributed by atoms with Crippen LogP contribution in [0.25, 0.3) is 0 Å². The molecule has 6 heteroatoms. The fourth-order valence-corrected chi connectivity index (χ4v) is 1.51. The van der Waals surface area contributed by atoms with Gasteiger partial charge in [-0.05, 0) is 31.2 Å². The molecular formula is C13H12FN3O2. The lowest BCUT2D eigenvalue weighted by molar-refractivity contribution is 0.293. The van der Waals surface area contributed by atoms with Gasteiger partial charge < -0.3 is 9.94 Å². The minimum atomic E-state index is -0.429. The average molecular weight is 261 g/mol. The largest absolute Gasteiger partial charge is 0.485 e. The number of nitrogens with zero attached hydrogens (tertiary/aromatic N) is 3. The van der Waals surface area contributed by atoms with Gasteiger partial charge in [-0.1, -0.05) is 5.16 Å². The number of ether oxygens (including phenoxy) is 1. The summed E-state index contributed by atoms with van der Waals surface area (Å²) in [6, 6.07) is 5.70. The van der Waals surface area contributed by atoms with Crippen LogP contribution >= 0.6 is 0 Å². The Morgan fingerprint density at radius 3 is 2.79 bits per heavy atom. The van der Waals surface area contributed by atoms with Crippen LogP contribution < -0.4 is 4.74 Å². The van der Waals surface area contributed by atoms with E-state index in [1.54, 1.807) is 25.4 Å². The highest BCUT2D eigenvalue weighted by atomic mass is 19.1. The molecule has 2 aromatic rings. The predicted octanol–water partition coefficient (Wildman–Crippen LogP) is 2.39. The zero-order chi connectivity index (χ0) is 13.7. The molecule has 0 aliphatic carbocycles. The molecule has 1 aromatic carbocycles. The molecule has 0 saturated carbocycles. The monoisotopic (exact) mass is 261 g/mol. The molecule has 1 N–H and O–H groups in total. The average Bonchev–Trinajstić information content (AvgIpc) is 2.46. The van der Waals surface area contributed by atoms with Crippen molar-refractivity contribution in [2.24, 2.45) is 5.16 Å². The first kappa shape index (κ1) is 12.9. The Morgan fingerprint density at radius 1 is 1.37 bits per heavy atom. The molecule has 1 heterocycles. The lowest BCUT2D eigenvalue weighted by Gasteiger charge is -2.10. The van der Waals surface area contributed by atoms with E-state index < -0.39 is 5.82 Å². The Morgan fingerprint density at radius 2 is 2.11 bits per heavy atom. The normalized spacial score (nSPS) is 11.4. The van der Waals surface area contributed by atoms with Crippen LogP contribution in [0.2, 0.25) is 0 Å². The summed E-state index contributed by atoms with van der Waals surface area (Å²) in [4.78, 5) is 8.03. The van der Waals surface area contributed by atoms with Crippen LogP contribution in [-0.4, -0.2) is 20.9 Å². The van der Waals surface area contributed by atoms with E-state index in [0.717, 1.165) is 0 Å². The molecule has 19 heavy (non-hydrogen) atoms. The van der Waals surface area contributed by atoms with Gasteiger partial charge in [-0.25, -0.2) is 14.4 Å². The first-order valence-corrected chi connectivity index (χ1v) is 5.58. The molecule has 0 fully saturated rings. The van der Waals surface area contributed by atoms with Gasteiger partial charge in [0.2, 0.25) is 0 Å². The van der Waals surface area contributed by atoms with Gasteiger partial charge in [-0.2, -0.15) is 0 Å². The van der Waals surface area contributed by atoms with Gasteiger partial charge in [0, 0.05) is 18.0 Å². The zero-order valence-electron chi connectivity index (χ0n) is 10.2. The smallest absolute Gasteiger partial charge is 0.166 e. The van der Waals surface area contributed by atoms with Crippen molar-refractivity contribution >= 4 is 5.71 Å². The second-order valence-electron chi connectivity index (χ2n) is 3.78. The number of benzene rings is 1. The van der Waals surface area contributed by atoms with Crippen molar-refractivity contribution in [3.8, 4) is 5.75 Å². The van der Waals surface area contributed by atoms with Crippen LogP contribution in [0.5, 0.6) is 5.75 Å². The fraction of sp³-hybridized carbons (Fsp3) is 0.154. The van der Waals surface area contributed by atoms with Crippen LogP contribution in [0, 0.1) is 5.82 Å². The van der Waals surface area contributed by atoms with Gasteiger partial charge in [0.15, 0.2) is 5.82 Å². The molecule has 2 rings (SSSR count). The fourth-order valence-electron chi connectivity index (χ4n) is 1.51. The number of halogens is 1. The van der Waals surface area contributed by atoms with Gasteiger partial charge >= 0.3 is 0 Å². The molecule has 0 aliphatic heterocycles. The van der Waals surface area contributed by atoms with Crippen molar-refractivity contribution in [1.29, 1.82) is 0 Å². The summed E-state index contributed by atoms with van der Waals surface area (Å²) in [7, 11) is 0. The van der Waals surface area contributed by atoms with E-state index in [0.29, 0.717) is 17.1 Å². The molecular weight excluding hydrogens is 249 g/mol. The Hall–Kier alpha value is -2.50. The first-order chi connectivity index (χ1) is 9.20. The summed E-state index contributed by atoms with van der Waals surface area (Å²) < 4.78 is 18.7. The van der Waals surface area contributed by atoms with Crippen molar-refractivity contribution in [1.82, 2.24) is 9.97 Å². The zero-order valence-corrected chi connectivity index (χ0v) is 10.2. The van der Waals surface area contributed by atoms with E-state index in [1.165, 1.54) is 18.2 Å². The van der Waals surface area contributed by atoms with Crippen molar-refractivity contribution in [3.63, 3.8) is 0 Å². The SMILES string of the molecule is CC(=NO)c1cc(F)ccc1OCc1ncccn1. The summed E-state index contributed by atoms with van der Waals surface area (Å²) >= 11 is 0. The van der Waals surface area contributed by atoms with Crippen LogP contribution in [0.1, 0.15) is 18.3 Å². The Kier molecular flexibility index (Phi) is 4.02. The van der Waals surface area contributed by atoms with E-state index >= 15 is 0 Å². The molecule has 0 spiro atoms. The number of aromatic nitrogens is 2. The predicted molar refractivity (Wildman–Crippen MR) is 66.8 cm³/mol. The third kappa shape index (κ3) is 3.25. The lowest BCUT2D eigenvalue weighted by atomic mass is 10.1. The maximum atomic E-state index is 13.2. The topological polar surface area (TPSA) is 67.6 Å². The molecule has 0 amide bonds. The molecule has 0 radical (unpaired) electrons. The number of hydrogen-bond donors (Lipinski definition) is 1. The van der Waals surface area contributed by atoms with Crippen LogP contribution in [0.4, 0.5) is 4.39 Å². The molecule has 1 aromatic heterocycles. The standard InChI is InChI=1S/C13H12FN3O2/c1-9(17-18)11-7-10(14)3-4-12(11)19-8-13-15-5-2-6-16-13/h2-7,18H,8H2,1H3. The molecule has 0 unspecified atom stereocenters. The highest BCUT2D eigenvalue weighted by Crippen LogP contribution is 2.21. The maximum Gasteiger partial charge on any atom is 0.166 e. The summed E-state index contributed by atoms with van der Waals surface area (Å²) in [5, 5.41) is 11.8. The molecule has 0 saturated heterocycles. The Labute approximate surface area is 109 Å². The first-order valence-electron chi connectivity index (χ1n) is 5.58. The van der Waals surface area contributed by atoms with Crippen LogP contribution in [-0.2, 0) is 6.61 Å². The number of hydrogen-bond acceptors (Lipinski definition) is 5. The van der Waals surface area contributed by atoms with Crippen molar-refractivity contribution in [3.05, 3.63) is 53.9 Å². The van der Waals surface area contributed by atoms with E-state index in [9.17, 15) is 4.39 Å². The molecule has 0 aliphatic rings. The third-order valence-electron chi connectivity index (χ3n) is 2.46. The summed E-state index contributed by atoms with van der Waals surface area (Å²) in [6.07, 6.45) is 3.22. The minimum absolute atomic E-state index is 0.151. The van der Waals surface area contributed by atoms with E-state index in [-0.39, 0.29) is 12.3 Å². The van der Waals surface area contributed by atoms with Crippen molar-refractivity contribution in [2.45, 2.75) is 13.5 Å². The number of oxime groups is 1. The minimum Gasteiger partial charge on any atom is -0.485 e. The van der Waals surface area contributed by atoms with E-state index in [2.05, 4.69) is 15.1 Å². The van der Waals surface area contributed by atoms with Crippen LogP contribution in [0.15, 0.2) is 41.8 Å². The quantitative estimate of drug-likeness (QED) is 0.521. The van der Waals surface area contributed by atoms with Gasteiger partial charge in [0.25, 0.3) is 0 Å². The highest BCUT2D eigenvalue weighted by Gasteiger charge is 2.09. The van der Waals surface area contributed by atoms with Crippen LogP contribution in [0.3, 0.4) is 0 Å². The summed E-state index contributed by atoms with van der Waals surface area (Å²) in [6.45, 7) is 1.71. The highest BCUT2D eigenvalue weighted by molar-refractivity contribution is 6.00. The third-order valence-corrected chi connectivity index (χ3v) is 2.46. The molecule has 5 nitrogen and oxygen atoms in total. The Balaban J connectivity index is 2.20. The Bertz CT molecular complexity index is 588. The van der Waals surface area contributed by atoms with E-state index in [4.69, 9.17) is 9.94 Å². The second kappa shape index (κ2) is 5.90. The van der Waals surface area contributed by atoms with Gasteiger partial charge in [-0.15, -0.1) is 0 Å². The van der Waals surface area contributed by atoms with Crippen molar-refractivity contribution in [2.75, 3.05) is 0 Å². The lowest BCUT2D eigenvalue weighted by Crippen LogP contribution is -2.05. The molecule has 98 valence electrons. The second-order valence-corrected chi connectivity index (χ2v) is 3.78. The van der Waals surface area contributed by atoms with E-state index in [1.807, 2.05) is 0 Å².